The molecule has 0 aliphatic heterocycles. The molecule has 0 aromatic carbocycles. The van der Waals surface area contributed by atoms with Gasteiger partial charge < -0.3 is 56.2 Å². The highest BCUT2D eigenvalue weighted by Crippen LogP contribution is 2.68. The van der Waals surface area contributed by atoms with Crippen LogP contribution in [0.4, 0.5) is 0 Å². The molecule has 4 fully saturated rings. The average Bonchev–Trinajstić information content (AvgIpc) is 1.64. The maximum Gasteiger partial charge on any atom is 0.220 e. The van der Waals surface area contributed by atoms with E-state index in [4.69, 9.17) is 18.9 Å². The molecule has 0 aromatic rings. The molecule has 4 aliphatic rings. The molecule has 2 amide bonds. The molecule has 19 heteroatoms. The summed E-state index contributed by atoms with van der Waals surface area (Å²) in [6.45, 7) is 62.4. The highest BCUT2D eigenvalue weighted by atomic mass is 16.5. The maximum atomic E-state index is 12.8. The molecule has 111 heavy (non-hydrogen) atoms. The Morgan fingerprint density at radius 1 is 0.414 bits per heavy atom. The number of ether oxygens (including phenoxy) is 4. The Morgan fingerprint density at radius 2 is 0.793 bits per heavy atom. The topological polar surface area (TPSA) is 258 Å². The smallest absolute Gasteiger partial charge is 0.220 e. The molecule has 15 unspecified atom stereocenters. The van der Waals surface area contributed by atoms with Crippen LogP contribution < -0.4 is 37.2 Å². The van der Waals surface area contributed by atoms with Crippen LogP contribution >= 0.6 is 0 Å². The predicted octanol–water partition coefficient (Wildman–Crippen LogP) is 17.4. The molecule has 658 valence electrons. The predicted molar refractivity (Wildman–Crippen MR) is 466 cm³/mol. The van der Waals surface area contributed by atoms with Crippen molar-refractivity contribution in [2.75, 3.05) is 33.8 Å². The van der Waals surface area contributed by atoms with Crippen molar-refractivity contribution in [3.63, 3.8) is 0 Å². The van der Waals surface area contributed by atoms with E-state index in [1.807, 2.05) is 69.5 Å². The van der Waals surface area contributed by atoms with Gasteiger partial charge in [0.1, 0.15) is 5.78 Å². The third kappa shape index (κ3) is 40.1. The first kappa shape index (κ1) is 114. The zero-order valence-electron chi connectivity index (χ0n) is 74.1. The van der Waals surface area contributed by atoms with Crippen LogP contribution in [0.2, 0.25) is 0 Å². The summed E-state index contributed by atoms with van der Waals surface area (Å²) in [5, 5.41) is 21.6. The van der Waals surface area contributed by atoms with Gasteiger partial charge >= 0.3 is 0 Å². The van der Waals surface area contributed by atoms with Crippen molar-refractivity contribution in [1.82, 2.24) is 37.2 Å². The first-order valence-electron chi connectivity index (χ1n) is 42.7. The van der Waals surface area contributed by atoms with E-state index >= 15 is 0 Å². The van der Waals surface area contributed by atoms with Gasteiger partial charge in [-0.15, -0.1) is 0 Å². The Labute approximate surface area is 684 Å². The van der Waals surface area contributed by atoms with Crippen LogP contribution in [0.5, 0.6) is 0 Å². The molecule has 4 aliphatic carbocycles. The van der Waals surface area contributed by atoms with Gasteiger partial charge in [0.25, 0.3) is 0 Å². The second kappa shape index (κ2) is 57.6. The van der Waals surface area contributed by atoms with Crippen molar-refractivity contribution in [2.45, 2.75) is 424 Å². The van der Waals surface area contributed by atoms with Crippen molar-refractivity contribution < 1.29 is 57.3 Å². The number of fused-ring (bicyclic) bond motifs is 5. The van der Waals surface area contributed by atoms with E-state index in [1.54, 1.807) is 41.5 Å². The van der Waals surface area contributed by atoms with Crippen molar-refractivity contribution in [3.05, 3.63) is 0 Å². The minimum atomic E-state index is -0.859. The van der Waals surface area contributed by atoms with Gasteiger partial charge in [0.15, 0.2) is 28.9 Å². The normalized spacial score (nSPS) is 23.6. The Balaban J connectivity index is -0.000000739. The SMILES string of the molecule is C.C.C.C.CC(C)NC(CCC(=O)NC(CCC(=O)NC(CCC(=O)C(C)C)C(=O)C(C)C)C(=O)C(C)C)C(=O)C(C)C.CC(C)OC[C@@H](C)C1CCC2C3C(OC(C)C)CC4CC(OC(C)C)CCC4C3C(C)C(OC(C)C)C21C.CNCCCC(NC(C)C)C(=O)C(C)C.CNCCC[C@H](NC(C)C)C(=O)C(C)C. The van der Waals surface area contributed by atoms with Gasteiger partial charge in [-0.25, -0.2) is 0 Å². The number of carbonyl (C=O) groups excluding carboxylic acids is 8. The van der Waals surface area contributed by atoms with Gasteiger partial charge in [-0.05, 0) is 213 Å². The summed E-state index contributed by atoms with van der Waals surface area (Å²) in [5.74, 6) is 4.04. The molecule has 0 aromatic heterocycles. The molecule has 0 heterocycles. The van der Waals surface area contributed by atoms with E-state index in [2.05, 4.69) is 141 Å². The number of ketones is 6. The summed E-state index contributed by atoms with van der Waals surface area (Å²) < 4.78 is 26.5. The van der Waals surface area contributed by atoms with Crippen LogP contribution in [0.3, 0.4) is 0 Å². The van der Waals surface area contributed by atoms with E-state index in [0.717, 1.165) is 51.3 Å². The van der Waals surface area contributed by atoms with E-state index in [-0.39, 0.29) is 168 Å². The Morgan fingerprint density at radius 3 is 1.15 bits per heavy atom. The lowest BCUT2D eigenvalue weighted by molar-refractivity contribution is -0.241. The molecule has 19 nitrogen and oxygen atoms in total. The number of rotatable bonds is 46. The second-order valence-corrected chi connectivity index (χ2v) is 36.5. The van der Waals surface area contributed by atoms with Gasteiger partial charge in [-0.3, -0.25) is 38.4 Å². The van der Waals surface area contributed by atoms with Crippen LogP contribution in [-0.2, 0) is 57.3 Å². The molecule has 4 rings (SSSR count). The van der Waals surface area contributed by atoms with Crippen molar-refractivity contribution in [3.8, 4) is 0 Å². The summed E-state index contributed by atoms with van der Waals surface area (Å²) in [5.41, 5.74) is 0.161. The first-order valence-corrected chi connectivity index (χ1v) is 42.7. The van der Waals surface area contributed by atoms with Crippen LogP contribution in [-0.4, -0.2) is 171 Å². The van der Waals surface area contributed by atoms with Crippen molar-refractivity contribution >= 4 is 46.5 Å². The van der Waals surface area contributed by atoms with Gasteiger partial charge in [0.05, 0.1) is 72.9 Å². The Bertz CT molecular complexity index is 2530. The zero-order chi connectivity index (χ0) is 82.1. The highest BCUT2D eigenvalue weighted by molar-refractivity contribution is 5.93. The largest absolute Gasteiger partial charge is 0.379 e. The fourth-order valence-electron chi connectivity index (χ4n) is 17.6. The minimum Gasteiger partial charge on any atom is -0.379 e. The van der Waals surface area contributed by atoms with Crippen LogP contribution in [0.15, 0.2) is 0 Å². The quantitative estimate of drug-likeness (QED) is 0.0280. The summed E-state index contributed by atoms with van der Waals surface area (Å²) in [4.78, 5) is 99.4. The lowest BCUT2D eigenvalue weighted by Gasteiger charge is -2.64. The molecule has 0 radical (unpaired) electrons. The molecule has 0 saturated heterocycles. The summed E-state index contributed by atoms with van der Waals surface area (Å²) in [7, 11) is 3.88. The molecule has 17 atom stereocenters. The van der Waals surface area contributed by atoms with Crippen LogP contribution in [0, 0.1) is 88.3 Å². The first-order chi connectivity index (χ1) is 49.8. The van der Waals surface area contributed by atoms with Crippen LogP contribution in [0.1, 0.15) is 333 Å². The Hall–Kier alpha value is -3.40. The summed E-state index contributed by atoms with van der Waals surface area (Å²) in [6, 6.07) is -1.24. The number of amides is 2. The number of Topliss-reactive ketones (excluding diaryl/α,β-unsaturated/α-hetero) is 6. The van der Waals surface area contributed by atoms with E-state index in [0.29, 0.717) is 95.9 Å². The highest BCUT2D eigenvalue weighted by Gasteiger charge is 2.67. The fraction of sp³-hybridized carbons (Fsp3) is 0.913. The number of carbonyl (C=O) groups is 8. The van der Waals surface area contributed by atoms with E-state index in [1.165, 1.54) is 38.5 Å². The van der Waals surface area contributed by atoms with E-state index in [9.17, 15) is 38.4 Å². The third-order valence-corrected chi connectivity index (χ3v) is 22.5. The number of nitrogens with one attached hydrogen (secondary N) is 7. The zero-order valence-corrected chi connectivity index (χ0v) is 74.1. The second-order valence-electron chi connectivity index (χ2n) is 36.5. The molecular formula is C92H183N7O12. The Kier molecular flexibility index (Phi) is 59.2. The molecule has 0 bridgehead atoms. The standard InChI is InChI=1S/C34H62O4.C30H53N3O6.2C12H26N2O.4CH4/c1-19(2)35-18-23(9)28-14-15-29-32-30(37-21(5)6)17-25-16-26(36-20(3)4)12-13-27(25)31(32)24(10)33(34(28,29)11)38-22(7)8;1-17(2)25(34)14-11-23(29(38)19(5)6)32-27(36)16-13-24(30(39)20(7)8)33-26(35)15-12-22(31-21(9)10)28(37)18(3)4;2*1-9(2)12(15)11(14-10(3)4)7-6-8-13-5;;;;/h19-33H,12-18H2,1-11H3;17-24,31H,11-16H2,1-10H3,(H,32,36)(H,33,35);2*9-11,13-14H,6-8H2,1-5H3;4*1H4/t23-,24?,25?,26?,27?,28?,29?,30?,31?,32?,33?,34?;;11-;;;;;/m1.0...../s1. The lowest BCUT2D eigenvalue weighted by Crippen LogP contribution is -2.64. The average molecular weight is 1580 g/mol. The van der Waals surface area contributed by atoms with Gasteiger partial charge in [-0.2, -0.15) is 0 Å². The molecule has 4 saturated carbocycles. The fourth-order valence-corrected chi connectivity index (χ4v) is 17.6. The van der Waals surface area contributed by atoms with Gasteiger partial charge in [-0.1, -0.05) is 175 Å². The number of hydrogen-bond donors (Lipinski definition) is 7. The van der Waals surface area contributed by atoms with Gasteiger partial charge in [0.2, 0.25) is 11.8 Å². The van der Waals surface area contributed by atoms with Crippen LogP contribution in [0.25, 0.3) is 0 Å². The molecular weight excluding hydrogens is 1400 g/mol. The van der Waals surface area contributed by atoms with E-state index < -0.39 is 24.0 Å². The summed E-state index contributed by atoms with van der Waals surface area (Å²) >= 11 is 0. The van der Waals surface area contributed by atoms with Crippen molar-refractivity contribution in [2.24, 2.45) is 88.3 Å². The lowest BCUT2D eigenvalue weighted by atomic mass is 9.44. The van der Waals surface area contributed by atoms with Gasteiger partial charge in [0, 0.05) is 84.9 Å². The third-order valence-electron chi connectivity index (χ3n) is 22.5. The maximum absolute atomic E-state index is 12.8. The minimum absolute atomic E-state index is 0. The number of hydrogen-bond acceptors (Lipinski definition) is 17. The monoisotopic (exact) mass is 1580 g/mol. The summed E-state index contributed by atoms with van der Waals surface area (Å²) in [6.07, 6.45) is 14.5. The molecule has 7 N–H and O–H groups in total. The molecule has 0 spiro atoms. The van der Waals surface area contributed by atoms with Crippen molar-refractivity contribution in [1.29, 1.82) is 0 Å².